The summed E-state index contributed by atoms with van der Waals surface area (Å²) in [5.41, 5.74) is 2.88. The Morgan fingerprint density at radius 2 is 1.56 bits per heavy atom. The van der Waals surface area contributed by atoms with Crippen molar-refractivity contribution in [2.24, 2.45) is 0 Å². The number of carbonyl (C=O) groups is 3. The average Bonchev–Trinajstić information content (AvgIpc) is 3.12. The number of benzene rings is 2. The van der Waals surface area contributed by atoms with E-state index in [1.165, 1.54) is 18.0 Å². The first kappa shape index (κ1) is 23.2. The summed E-state index contributed by atoms with van der Waals surface area (Å²) in [5.74, 6) is -0.730. The lowest BCUT2D eigenvalue weighted by Crippen LogP contribution is -2.61. The van der Waals surface area contributed by atoms with Gasteiger partial charge in [-0.05, 0) is 36.3 Å². The van der Waals surface area contributed by atoms with Crippen molar-refractivity contribution in [2.45, 2.75) is 18.0 Å². The third-order valence-corrected chi connectivity index (χ3v) is 5.92. The number of hydrogen-bond acceptors (Lipinski definition) is 6. The molecule has 0 aliphatic heterocycles. The molecule has 0 saturated carbocycles. The van der Waals surface area contributed by atoms with Gasteiger partial charge >= 0.3 is 12.1 Å². The largest absolute Gasteiger partial charge is 0.461 e. The summed E-state index contributed by atoms with van der Waals surface area (Å²) in [6.45, 7) is 3.64. The summed E-state index contributed by atoms with van der Waals surface area (Å²) in [5, 5.41) is 0. The highest BCUT2D eigenvalue weighted by atomic mass is 16.6. The molecule has 2 aromatic rings. The summed E-state index contributed by atoms with van der Waals surface area (Å²) in [6.07, 6.45) is 0.955. The molecule has 168 valence electrons. The Hall–Kier alpha value is -3.45. The monoisotopic (exact) mass is 436 g/mol. The van der Waals surface area contributed by atoms with Gasteiger partial charge in [-0.3, -0.25) is 19.4 Å². The van der Waals surface area contributed by atoms with Crippen LogP contribution in [0.1, 0.15) is 23.5 Å². The van der Waals surface area contributed by atoms with E-state index in [0.717, 1.165) is 27.2 Å². The van der Waals surface area contributed by atoms with Crippen molar-refractivity contribution in [1.82, 2.24) is 9.80 Å². The first-order chi connectivity index (χ1) is 15.4. The van der Waals surface area contributed by atoms with Crippen LogP contribution in [0.3, 0.4) is 0 Å². The lowest BCUT2D eigenvalue weighted by atomic mass is 9.98. The van der Waals surface area contributed by atoms with Gasteiger partial charge < -0.3 is 9.47 Å². The van der Waals surface area contributed by atoms with Gasteiger partial charge in [0.25, 0.3) is 0 Å². The summed E-state index contributed by atoms with van der Waals surface area (Å²) in [4.78, 5) is 39.9. The number of aldehydes is 1. The zero-order valence-corrected chi connectivity index (χ0v) is 18.6. The van der Waals surface area contributed by atoms with E-state index in [-0.39, 0.29) is 25.6 Å². The molecule has 3 rings (SSSR count). The van der Waals surface area contributed by atoms with E-state index in [1.54, 1.807) is 14.1 Å². The quantitative estimate of drug-likeness (QED) is 0.259. The number of fused-ring (bicyclic) bond motifs is 3. The highest BCUT2D eigenvalue weighted by Crippen LogP contribution is 2.44. The fourth-order valence-corrected chi connectivity index (χ4v) is 4.07. The van der Waals surface area contributed by atoms with Crippen molar-refractivity contribution < 1.29 is 23.9 Å². The van der Waals surface area contributed by atoms with E-state index in [4.69, 9.17) is 9.47 Å². The highest BCUT2D eigenvalue weighted by Gasteiger charge is 2.43. The molecular formula is C25H28N2O5. The Morgan fingerprint density at radius 1 is 1.00 bits per heavy atom. The standard InChI is InChI=1S/C25H28N2O5/c1-5-14-31-23(29)15-25(17-28,26(2)3)27(4)24(30)32-16-22-20-12-8-6-10-18(20)19-11-7-9-13-21(19)22/h5-13,17,22H,1,14-16H2,2-4H3/t25-/m0/s1. The molecule has 0 aromatic heterocycles. The molecule has 7 nitrogen and oxygen atoms in total. The topological polar surface area (TPSA) is 76.2 Å². The first-order valence-electron chi connectivity index (χ1n) is 10.3. The van der Waals surface area contributed by atoms with Crippen LogP contribution < -0.4 is 0 Å². The third kappa shape index (κ3) is 4.29. The predicted molar refractivity (Wildman–Crippen MR) is 121 cm³/mol. The second-order valence-corrected chi connectivity index (χ2v) is 7.90. The van der Waals surface area contributed by atoms with Gasteiger partial charge in [0.05, 0.1) is 6.42 Å². The van der Waals surface area contributed by atoms with Crippen molar-refractivity contribution in [2.75, 3.05) is 34.4 Å². The van der Waals surface area contributed by atoms with E-state index >= 15 is 0 Å². The lowest BCUT2D eigenvalue weighted by Gasteiger charge is -2.40. The van der Waals surface area contributed by atoms with E-state index in [9.17, 15) is 14.4 Å². The fraction of sp³-hybridized carbons (Fsp3) is 0.320. The zero-order valence-electron chi connectivity index (χ0n) is 18.6. The van der Waals surface area contributed by atoms with Gasteiger partial charge in [-0.2, -0.15) is 0 Å². The predicted octanol–water partition coefficient (Wildman–Crippen LogP) is 3.44. The van der Waals surface area contributed by atoms with Gasteiger partial charge in [-0.15, -0.1) is 0 Å². The van der Waals surface area contributed by atoms with Gasteiger partial charge in [0, 0.05) is 13.0 Å². The van der Waals surface area contributed by atoms with Gasteiger partial charge in [-0.25, -0.2) is 4.79 Å². The summed E-state index contributed by atoms with van der Waals surface area (Å²) >= 11 is 0. The maximum absolute atomic E-state index is 13.0. The first-order valence-corrected chi connectivity index (χ1v) is 10.3. The number of nitrogens with zero attached hydrogens (tertiary/aromatic N) is 2. The summed E-state index contributed by atoms with van der Waals surface area (Å²) in [6, 6.07) is 16.1. The van der Waals surface area contributed by atoms with E-state index < -0.39 is 17.7 Å². The molecule has 0 bridgehead atoms. The number of rotatable bonds is 9. The van der Waals surface area contributed by atoms with Crippen LogP contribution in [0, 0.1) is 0 Å². The lowest BCUT2D eigenvalue weighted by molar-refractivity contribution is -0.152. The van der Waals surface area contributed by atoms with Gasteiger partial charge in [-0.1, -0.05) is 61.2 Å². The molecule has 0 saturated heterocycles. The molecule has 0 spiro atoms. The highest BCUT2D eigenvalue weighted by molar-refractivity contribution is 5.83. The van der Waals surface area contributed by atoms with Crippen molar-refractivity contribution in [3.8, 4) is 11.1 Å². The number of amides is 1. The molecule has 2 aromatic carbocycles. The molecule has 1 atom stereocenters. The molecular weight excluding hydrogens is 408 g/mol. The minimum Gasteiger partial charge on any atom is -0.461 e. The Labute approximate surface area is 188 Å². The molecule has 0 fully saturated rings. The summed E-state index contributed by atoms with van der Waals surface area (Å²) in [7, 11) is 4.67. The molecule has 0 N–H and O–H groups in total. The van der Waals surface area contributed by atoms with Crippen LogP contribution in [0.5, 0.6) is 0 Å². The zero-order chi connectivity index (χ0) is 23.3. The molecule has 1 aliphatic rings. The molecule has 0 radical (unpaired) electrons. The van der Waals surface area contributed by atoms with E-state index in [2.05, 4.69) is 18.7 Å². The molecule has 0 heterocycles. The van der Waals surface area contributed by atoms with Crippen LogP contribution in [0.2, 0.25) is 0 Å². The fourth-order valence-electron chi connectivity index (χ4n) is 4.07. The minimum absolute atomic E-state index is 0.0237. The third-order valence-electron chi connectivity index (χ3n) is 5.92. The van der Waals surface area contributed by atoms with Crippen LogP contribution in [0.25, 0.3) is 11.1 Å². The second kappa shape index (κ2) is 9.78. The van der Waals surface area contributed by atoms with Crippen LogP contribution in [0.15, 0.2) is 61.2 Å². The average molecular weight is 437 g/mol. The normalized spacial score (nSPS) is 14.1. The Balaban J connectivity index is 1.78. The number of ether oxygens (including phenoxy) is 2. The van der Waals surface area contributed by atoms with Crippen molar-refractivity contribution >= 4 is 18.3 Å². The van der Waals surface area contributed by atoms with Crippen LogP contribution in [-0.4, -0.2) is 68.2 Å². The summed E-state index contributed by atoms with van der Waals surface area (Å²) < 4.78 is 10.7. The number of carbonyl (C=O) groups excluding carboxylic acids is 3. The second-order valence-electron chi connectivity index (χ2n) is 7.90. The minimum atomic E-state index is -1.54. The SMILES string of the molecule is C=CCOC(=O)C[C@](C=O)(N(C)C)N(C)C(=O)OCC1c2ccccc2-c2ccccc21. The van der Waals surface area contributed by atoms with E-state index in [0.29, 0.717) is 6.29 Å². The Kier molecular flexibility index (Phi) is 7.10. The van der Waals surface area contributed by atoms with Crippen molar-refractivity contribution in [1.29, 1.82) is 0 Å². The van der Waals surface area contributed by atoms with Gasteiger partial charge in [0.15, 0.2) is 11.9 Å². The Bertz CT molecular complexity index is 973. The van der Waals surface area contributed by atoms with Crippen LogP contribution in [-0.2, 0) is 19.1 Å². The van der Waals surface area contributed by atoms with Crippen LogP contribution >= 0.6 is 0 Å². The molecule has 0 unspecified atom stereocenters. The molecule has 1 aliphatic carbocycles. The molecule has 1 amide bonds. The number of likely N-dealkylation sites (N-methyl/N-ethyl adjacent to an activating group) is 2. The number of esters is 1. The van der Waals surface area contributed by atoms with Gasteiger partial charge in [0.2, 0.25) is 0 Å². The smallest absolute Gasteiger partial charge is 0.411 e. The maximum atomic E-state index is 13.0. The molecule has 32 heavy (non-hydrogen) atoms. The van der Waals surface area contributed by atoms with Crippen molar-refractivity contribution in [3.05, 3.63) is 72.3 Å². The number of hydrogen-bond donors (Lipinski definition) is 0. The van der Waals surface area contributed by atoms with Crippen molar-refractivity contribution in [3.63, 3.8) is 0 Å². The molecule has 7 heteroatoms. The Morgan fingerprint density at radius 3 is 2.06 bits per heavy atom. The van der Waals surface area contributed by atoms with Gasteiger partial charge in [0.1, 0.15) is 13.2 Å². The maximum Gasteiger partial charge on any atom is 0.411 e. The van der Waals surface area contributed by atoms with E-state index in [1.807, 2.05) is 36.4 Å². The van der Waals surface area contributed by atoms with Crippen LogP contribution in [0.4, 0.5) is 4.79 Å².